The summed E-state index contributed by atoms with van der Waals surface area (Å²) in [4.78, 5) is 0. The highest BCUT2D eigenvalue weighted by atomic mass is 35.5. The molecule has 1 N–H and O–H groups in total. The van der Waals surface area contributed by atoms with Gasteiger partial charge >= 0.3 is 0 Å². The molecule has 0 atom stereocenters. The van der Waals surface area contributed by atoms with E-state index < -0.39 is 0 Å². The number of aliphatic hydroxyl groups is 1. The molecule has 0 bridgehead atoms. The van der Waals surface area contributed by atoms with E-state index in [-0.39, 0.29) is 6.61 Å². The van der Waals surface area contributed by atoms with Crippen LogP contribution in [-0.2, 0) is 6.61 Å². The lowest BCUT2D eigenvalue weighted by Crippen LogP contribution is -1.95. The summed E-state index contributed by atoms with van der Waals surface area (Å²) in [6, 6.07) is 11.3. The van der Waals surface area contributed by atoms with Gasteiger partial charge in [0.15, 0.2) is 0 Å². The van der Waals surface area contributed by atoms with Crippen LogP contribution in [0.2, 0.25) is 5.02 Å². The lowest BCUT2D eigenvalue weighted by molar-refractivity contribution is 0.276. The van der Waals surface area contributed by atoms with Crippen molar-refractivity contribution < 1.29 is 9.84 Å². The molecule has 0 aliphatic heterocycles. The molecule has 2 aromatic carbocycles. The molecule has 0 radical (unpaired) electrons. The summed E-state index contributed by atoms with van der Waals surface area (Å²) in [5.74, 6) is 1.89. The minimum Gasteiger partial charge on any atom is -0.457 e. The van der Waals surface area contributed by atoms with Crippen LogP contribution in [0.5, 0.6) is 11.5 Å². The first kappa shape index (κ1) is 14.9. The van der Waals surface area contributed by atoms with Crippen LogP contribution in [0.15, 0.2) is 36.4 Å². The zero-order valence-electron chi connectivity index (χ0n) is 12.0. The Bertz CT molecular complexity index is 606. The quantitative estimate of drug-likeness (QED) is 0.853. The van der Waals surface area contributed by atoms with Crippen molar-refractivity contribution in [2.24, 2.45) is 0 Å². The smallest absolute Gasteiger partial charge is 0.133 e. The Kier molecular flexibility index (Phi) is 4.69. The van der Waals surface area contributed by atoms with Crippen molar-refractivity contribution in [1.82, 2.24) is 0 Å². The number of benzene rings is 2. The lowest BCUT2D eigenvalue weighted by atomic mass is 9.98. The number of rotatable bonds is 4. The summed E-state index contributed by atoms with van der Waals surface area (Å²) in [5, 5.41) is 9.94. The van der Waals surface area contributed by atoms with Gasteiger partial charge in [0.1, 0.15) is 11.5 Å². The van der Waals surface area contributed by atoms with E-state index in [1.54, 1.807) is 18.2 Å². The van der Waals surface area contributed by atoms with E-state index in [2.05, 4.69) is 26.8 Å². The molecule has 0 amide bonds. The molecule has 2 aromatic rings. The average Bonchev–Trinajstić information content (AvgIpc) is 2.40. The minimum absolute atomic E-state index is 0.0983. The van der Waals surface area contributed by atoms with Crippen LogP contribution in [0.4, 0.5) is 0 Å². The standard InChI is InChI=1S/C17H19ClO2/c1-11(2)16-6-5-15(8-12(16)3)20-17-7-4-14(18)9-13(17)10-19/h4-9,11,19H,10H2,1-3H3. The average molecular weight is 291 g/mol. The Balaban J connectivity index is 2.28. The molecule has 0 aliphatic carbocycles. The highest BCUT2D eigenvalue weighted by Crippen LogP contribution is 2.30. The predicted molar refractivity (Wildman–Crippen MR) is 82.7 cm³/mol. The van der Waals surface area contributed by atoms with E-state index in [4.69, 9.17) is 16.3 Å². The second-order valence-electron chi connectivity index (χ2n) is 5.19. The van der Waals surface area contributed by atoms with Crippen LogP contribution in [0.1, 0.15) is 36.5 Å². The molecule has 106 valence electrons. The molecule has 0 unspecified atom stereocenters. The maximum Gasteiger partial charge on any atom is 0.133 e. The summed E-state index contributed by atoms with van der Waals surface area (Å²) < 4.78 is 5.85. The van der Waals surface area contributed by atoms with Crippen LogP contribution in [-0.4, -0.2) is 5.11 Å². The topological polar surface area (TPSA) is 29.5 Å². The van der Waals surface area contributed by atoms with Crippen LogP contribution in [0, 0.1) is 6.92 Å². The fourth-order valence-corrected chi connectivity index (χ4v) is 2.45. The van der Waals surface area contributed by atoms with E-state index in [9.17, 15) is 5.11 Å². The summed E-state index contributed by atoms with van der Waals surface area (Å²) >= 11 is 5.91. The van der Waals surface area contributed by atoms with Gasteiger partial charge in [-0.1, -0.05) is 31.5 Å². The Morgan fingerprint density at radius 2 is 1.90 bits per heavy atom. The summed E-state index contributed by atoms with van der Waals surface area (Å²) in [5.41, 5.74) is 3.20. The third-order valence-electron chi connectivity index (χ3n) is 3.28. The maximum atomic E-state index is 9.35. The molecular formula is C17H19ClO2. The maximum absolute atomic E-state index is 9.35. The number of aliphatic hydroxyl groups excluding tert-OH is 1. The second-order valence-corrected chi connectivity index (χ2v) is 5.62. The van der Waals surface area contributed by atoms with Crippen molar-refractivity contribution in [2.45, 2.75) is 33.3 Å². The minimum atomic E-state index is -0.0983. The van der Waals surface area contributed by atoms with Gasteiger partial charge in [-0.25, -0.2) is 0 Å². The first-order chi connectivity index (χ1) is 9.51. The van der Waals surface area contributed by atoms with Gasteiger partial charge < -0.3 is 9.84 Å². The van der Waals surface area contributed by atoms with Crippen LogP contribution < -0.4 is 4.74 Å². The normalized spacial score (nSPS) is 10.9. The van der Waals surface area contributed by atoms with Gasteiger partial charge in [-0.2, -0.15) is 0 Å². The first-order valence-corrected chi connectivity index (χ1v) is 7.06. The third kappa shape index (κ3) is 3.33. The second kappa shape index (κ2) is 6.29. The van der Waals surface area contributed by atoms with Gasteiger partial charge in [0.25, 0.3) is 0 Å². The molecule has 3 heteroatoms. The Morgan fingerprint density at radius 3 is 2.50 bits per heavy atom. The molecular weight excluding hydrogens is 272 g/mol. The Hall–Kier alpha value is -1.51. The van der Waals surface area contributed by atoms with E-state index in [1.165, 1.54) is 11.1 Å². The number of halogens is 1. The summed E-state index contributed by atoms with van der Waals surface area (Å²) in [6.45, 7) is 6.33. The Morgan fingerprint density at radius 1 is 1.15 bits per heavy atom. The highest BCUT2D eigenvalue weighted by molar-refractivity contribution is 6.30. The lowest BCUT2D eigenvalue weighted by Gasteiger charge is -2.14. The van der Waals surface area contributed by atoms with E-state index in [0.29, 0.717) is 22.3 Å². The van der Waals surface area contributed by atoms with E-state index in [0.717, 1.165) is 5.75 Å². The molecule has 2 rings (SSSR count). The largest absolute Gasteiger partial charge is 0.457 e. The van der Waals surface area contributed by atoms with Crippen LogP contribution >= 0.6 is 11.6 Å². The van der Waals surface area contributed by atoms with Crippen molar-refractivity contribution in [2.75, 3.05) is 0 Å². The monoisotopic (exact) mass is 290 g/mol. The van der Waals surface area contributed by atoms with Crippen LogP contribution in [0.3, 0.4) is 0 Å². The highest BCUT2D eigenvalue weighted by Gasteiger charge is 2.08. The van der Waals surface area contributed by atoms with Crippen molar-refractivity contribution in [3.63, 3.8) is 0 Å². The van der Waals surface area contributed by atoms with Gasteiger partial charge in [0.05, 0.1) is 6.61 Å². The predicted octanol–water partition coefficient (Wildman–Crippen LogP) is 5.06. The number of hydrogen-bond acceptors (Lipinski definition) is 2. The van der Waals surface area contributed by atoms with Gasteiger partial charge in [0.2, 0.25) is 0 Å². The zero-order chi connectivity index (χ0) is 14.7. The Labute approximate surface area is 125 Å². The molecule has 0 aromatic heterocycles. The molecule has 0 fully saturated rings. The number of aryl methyl sites for hydroxylation is 1. The summed E-state index contributed by atoms with van der Waals surface area (Å²) in [7, 11) is 0. The zero-order valence-corrected chi connectivity index (χ0v) is 12.7. The number of ether oxygens (including phenoxy) is 1. The number of hydrogen-bond donors (Lipinski definition) is 1. The van der Waals surface area contributed by atoms with Gasteiger partial charge in [-0.05, 0) is 54.3 Å². The molecule has 20 heavy (non-hydrogen) atoms. The van der Waals surface area contributed by atoms with Crippen molar-refractivity contribution >= 4 is 11.6 Å². The fourth-order valence-electron chi connectivity index (χ4n) is 2.26. The van der Waals surface area contributed by atoms with Crippen molar-refractivity contribution in [1.29, 1.82) is 0 Å². The van der Waals surface area contributed by atoms with E-state index in [1.807, 2.05) is 12.1 Å². The third-order valence-corrected chi connectivity index (χ3v) is 3.52. The molecule has 0 saturated carbocycles. The molecule has 0 aliphatic rings. The van der Waals surface area contributed by atoms with Crippen molar-refractivity contribution in [3.8, 4) is 11.5 Å². The molecule has 2 nitrogen and oxygen atoms in total. The molecule has 0 saturated heterocycles. The van der Waals surface area contributed by atoms with Gasteiger partial charge in [-0.15, -0.1) is 0 Å². The molecule has 0 heterocycles. The van der Waals surface area contributed by atoms with Crippen LogP contribution in [0.25, 0.3) is 0 Å². The van der Waals surface area contributed by atoms with Gasteiger partial charge in [0, 0.05) is 10.6 Å². The van der Waals surface area contributed by atoms with Gasteiger partial charge in [-0.3, -0.25) is 0 Å². The summed E-state index contributed by atoms with van der Waals surface area (Å²) in [6.07, 6.45) is 0. The van der Waals surface area contributed by atoms with Crippen molar-refractivity contribution in [3.05, 3.63) is 58.1 Å². The first-order valence-electron chi connectivity index (χ1n) is 6.69. The van der Waals surface area contributed by atoms with E-state index >= 15 is 0 Å². The molecule has 0 spiro atoms. The fraction of sp³-hybridized carbons (Fsp3) is 0.294. The SMILES string of the molecule is Cc1cc(Oc2ccc(Cl)cc2CO)ccc1C(C)C.